The Hall–Kier alpha value is 1.42. The molecule has 0 fully saturated rings. The van der Waals surface area contributed by atoms with Crippen LogP contribution in [0, 0.1) is 0 Å². The highest BCUT2D eigenvalue weighted by molar-refractivity contribution is 14.1. The van der Waals surface area contributed by atoms with Crippen molar-refractivity contribution in [2.45, 2.75) is 78.1 Å². The summed E-state index contributed by atoms with van der Waals surface area (Å²) >= 11 is 2.58. The molecule has 19 heavy (non-hydrogen) atoms. The molecule has 0 aromatic rings. The van der Waals surface area contributed by atoms with E-state index in [1.165, 1.54) is 86.3 Å². The molecule has 0 aliphatic heterocycles. The van der Waals surface area contributed by atoms with Gasteiger partial charge in [-0.25, -0.2) is 0 Å². The molecule has 0 rings (SSSR count). The van der Waals surface area contributed by atoms with Crippen LogP contribution in [0.15, 0.2) is 0 Å². The monoisotopic (exact) mass is 495 g/mol. The fraction of sp³-hybridized carbons (Fsp3) is 1.00. The zero-order valence-corrected chi connectivity index (χ0v) is 17.7. The van der Waals surface area contributed by atoms with Gasteiger partial charge in [0.25, 0.3) is 0 Å². The highest BCUT2D eigenvalue weighted by atomic mass is 127. The molecule has 0 bridgehead atoms. The maximum absolute atomic E-state index is 2.58. The minimum Gasteiger partial charge on any atom is -1.00 e. The predicted molar refractivity (Wildman–Crippen MR) is 92.3 cm³/mol. The van der Waals surface area contributed by atoms with Crippen LogP contribution in [-0.2, 0) is 0 Å². The predicted octanol–water partition coefficient (Wildman–Crippen LogP) is 2.77. The number of halogens is 2. The molecule has 0 radical (unpaired) electrons. The van der Waals surface area contributed by atoms with Gasteiger partial charge in [0.1, 0.15) is 4.55 Å². The second-order valence-electron chi connectivity index (χ2n) is 6.01. The van der Waals surface area contributed by atoms with E-state index >= 15 is 0 Å². The minimum absolute atomic E-state index is 0. The van der Waals surface area contributed by atoms with Crippen LogP contribution in [0.4, 0.5) is 0 Å². The first-order valence-corrected chi connectivity index (χ1v) is 9.60. The normalized spacial score (nSPS) is 11.4. The van der Waals surface area contributed by atoms with Crippen LogP contribution < -0.4 is 24.0 Å². The molecule has 1 nitrogen and oxygen atoms in total. The molecule has 3 heteroatoms. The van der Waals surface area contributed by atoms with Crippen molar-refractivity contribution in [1.82, 2.24) is 0 Å². The fourth-order valence-electron chi connectivity index (χ4n) is 2.43. The van der Waals surface area contributed by atoms with Crippen LogP contribution in [-0.4, -0.2) is 29.2 Å². The van der Waals surface area contributed by atoms with Crippen LogP contribution in [0.1, 0.15) is 78.1 Å². The third-order valence-electron chi connectivity index (χ3n) is 3.89. The van der Waals surface area contributed by atoms with Crippen molar-refractivity contribution >= 4 is 22.6 Å². The SMILES string of the molecule is CCCCCCC[N+](C)(CI)CCCCCCC.[I-]. The number of hydrogen-bond donors (Lipinski definition) is 0. The van der Waals surface area contributed by atoms with E-state index in [4.69, 9.17) is 0 Å². The van der Waals surface area contributed by atoms with Crippen molar-refractivity contribution in [3.8, 4) is 0 Å². The lowest BCUT2D eigenvalue weighted by molar-refractivity contribution is -0.894. The Kier molecular flexibility index (Phi) is 18.9. The molecule has 0 heterocycles. The third kappa shape index (κ3) is 14.1. The quantitative estimate of drug-likeness (QED) is 0.121. The second-order valence-corrected chi connectivity index (χ2v) is 6.70. The Morgan fingerprint density at radius 2 is 1.05 bits per heavy atom. The van der Waals surface area contributed by atoms with Crippen molar-refractivity contribution in [3.05, 3.63) is 0 Å². The van der Waals surface area contributed by atoms with Crippen molar-refractivity contribution in [2.24, 2.45) is 0 Å². The minimum atomic E-state index is 0. The molecule has 0 saturated carbocycles. The van der Waals surface area contributed by atoms with Crippen molar-refractivity contribution < 1.29 is 28.5 Å². The van der Waals surface area contributed by atoms with Crippen molar-refractivity contribution in [1.29, 1.82) is 0 Å². The van der Waals surface area contributed by atoms with Gasteiger partial charge in [0.2, 0.25) is 0 Å². The summed E-state index contributed by atoms with van der Waals surface area (Å²) in [6.45, 7) is 7.36. The molecule has 0 unspecified atom stereocenters. The fourth-order valence-corrected chi connectivity index (χ4v) is 3.11. The molecular formula is C16H35I2N. The van der Waals surface area contributed by atoms with Crippen LogP contribution in [0.5, 0.6) is 0 Å². The molecule has 0 aliphatic carbocycles. The van der Waals surface area contributed by atoms with Crippen molar-refractivity contribution in [2.75, 3.05) is 24.7 Å². The van der Waals surface area contributed by atoms with Crippen LogP contribution in [0.2, 0.25) is 0 Å². The Balaban J connectivity index is 0. The topological polar surface area (TPSA) is 0 Å². The van der Waals surface area contributed by atoms with Gasteiger partial charge in [-0.2, -0.15) is 0 Å². The van der Waals surface area contributed by atoms with Gasteiger partial charge < -0.3 is 28.5 Å². The van der Waals surface area contributed by atoms with E-state index in [1.807, 2.05) is 0 Å². The molecule has 0 aromatic carbocycles. The van der Waals surface area contributed by atoms with E-state index < -0.39 is 0 Å². The summed E-state index contributed by atoms with van der Waals surface area (Å²) in [5.41, 5.74) is 0. The maximum Gasteiger partial charge on any atom is 0.129 e. The number of alkyl halides is 1. The number of nitrogens with zero attached hydrogens (tertiary/aromatic N) is 1. The van der Waals surface area contributed by atoms with Gasteiger partial charge >= 0.3 is 0 Å². The lowest BCUT2D eigenvalue weighted by Crippen LogP contribution is -3.00. The summed E-state index contributed by atoms with van der Waals surface area (Å²) in [6.07, 6.45) is 14.2. The summed E-state index contributed by atoms with van der Waals surface area (Å²) in [6, 6.07) is 0. The van der Waals surface area contributed by atoms with E-state index in [-0.39, 0.29) is 24.0 Å². The lowest BCUT2D eigenvalue weighted by Gasteiger charge is -2.32. The Morgan fingerprint density at radius 1 is 0.684 bits per heavy atom. The van der Waals surface area contributed by atoms with Crippen LogP contribution in [0.25, 0.3) is 0 Å². The lowest BCUT2D eigenvalue weighted by atomic mass is 10.1. The highest BCUT2D eigenvalue weighted by Gasteiger charge is 2.18. The molecule has 0 spiro atoms. The molecule has 0 aliphatic rings. The summed E-state index contributed by atoms with van der Waals surface area (Å²) in [5, 5.41) is 0. The number of rotatable bonds is 13. The average Bonchev–Trinajstić information content (AvgIpc) is 2.38. The molecule has 0 saturated heterocycles. The van der Waals surface area contributed by atoms with Gasteiger partial charge in [-0.1, -0.05) is 52.4 Å². The first-order chi connectivity index (χ1) is 8.68. The third-order valence-corrected chi connectivity index (χ3v) is 5.54. The van der Waals surface area contributed by atoms with Gasteiger partial charge in [0, 0.05) is 0 Å². The number of quaternary nitrogens is 1. The summed E-state index contributed by atoms with van der Waals surface area (Å²) < 4.78 is 2.57. The van der Waals surface area contributed by atoms with E-state index in [0.29, 0.717) is 0 Å². The van der Waals surface area contributed by atoms with Crippen LogP contribution in [0.3, 0.4) is 0 Å². The first-order valence-electron chi connectivity index (χ1n) is 8.08. The van der Waals surface area contributed by atoms with E-state index in [1.54, 1.807) is 0 Å². The van der Waals surface area contributed by atoms with E-state index in [0.717, 1.165) is 0 Å². The summed E-state index contributed by atoms with van der Waals surface area (Å²) in [7, 11) is 2.45. The summed E-state index contributed by atoms with van der Waals surface area (Å²) in [5.74, 6) is 0. The summed E-state index contributed by atoms with van der Waals surface area (Å²) in [4.78, 5) is 0. The number of hydrogen-bond acceptors (Lipinski definition) is 0. The Labute approximate surface area is 153 Å². The van der Waals surface area contributed by atoms with E-state index in [9.17, 15) is 0 Å². The number of unbranched alkanes of at least 4 members (excludes halogenated alkanes) is 8. The van der Waals surface area contributed by atoms with Gasteiger partial charge in [-0.05, 0) is 48.3 Å². The Morgan fingerprint density at radius 3 is 1.37 bits per heavy atom. The maximum atomic E-state index is 2.58. The molecule has 0 atom stereocenters. The average molecular weight is 495 g/mol. The smallest absolute Gasteiger partial charge is 0.129 e. The molecular weight excluding hydrogens is 460 g/mol. The molecule has 0 N–H and O–H groups in total. The molecule has 0 amide bonds. The van der Waals surface area contributed by atoms with Gasteiger partial charge in [-0.3, -0.25) is 0 Å². The Bertz CT molecular complexity index is 160. The van der Waals surface area contributed by atoms with Gasteiger partial charge in [0.05, 0.1) is 20.1 Å². The first kappa shape index (κ1) is 22.7. The highest BCUT2D eigenvalue weighted by Crippen LogP contribution is 2.14. The molecule has 0 aromatic heterocycles. The van der Waals surface area contributed by atoms with Gasteiger partial charge in [-0.15, -0.1) is 0 Å². The zero-order valence-electron chi connectivity index (χ0n) is 13.4. The second kappa shape index (κ2) is 15.8. The standard InChI is InChI=1S/C16H35IN.HI/c1-4-6-8-10-12-14-18(3,16-17)15-13-11-9-7-5-2;/h4-16H2,1-3H3;1H/q+1;/p-1. The molecule has 118 valence electrons. The van der Waals surface area contributed by atoms with Crippen LogP contribution >= 0.6 is 22.6 Å². The van der Waals surface area contributed by atoms with Gasteiger partial charge in [0.15, 0.2) is 0 Å². The van der Waals surface area contributed by atoms with E-state index in [2.05, 4.69) is 43.5 Å². The van der Waals surface area contributed by atoms with Crippen molar-refractivity contribution in [3.63, 3.8) is 0 Å². The largest absolute Gasteiger partial charge is 1.00 e. The zero-order chi connectivity index (χ0) is 13.7.